The highest BCUT2D eigenvalue weighted by molar-refractivity contribution is 7.85. The third-order valence-electron chi connectivity index (χ3n) is 2.39. The summed E-state index contributed by atoms with van der Waals surface area (Å²) in [7, 11) is -0.728. The first-order chi connectivity index (χ1) is 6.86. The quantitative estimate of drug-likeness (QED) is 0.847. The van der Waals surface area contributed by atoms with Crippen LogP contribution in [-0.4, -0.2) is 27.5 Å². The Kier molecular flexibility index (Phi) is 3.67. The molecule has 1 aromatic heterocycles. The number of piperidine rings is 1. The molecule has 0 saturated carbocycles. The highest BCUT2D eigenvalue weighted by atomic mass is 32.2. The van der Waals surface area contributed by atoms with Gasteiger partial charge in [0.1, 0.15) is 0 Å². The van der Waals surface area contributed by atoms with Gasteiger partial charge < -0.3 is 5.32 Å². The van der Waals surface area contributed by atoms with Gasteiger partial charge in [-0.2, -0.15) is 0 Å². The smallest absolute Gasteiger partial charge is 0.0794 e. The van der Waals surface area contributed by atoms with E-state index in [1.54, 1.807) is 16.8 Å². The van der Waals surface area contributed by atoms with Gasteiger partial charge in [-0.3, -0.25) is 9.19 Å². The summed E-state index contributed by atoms with van der Waals surface area (Å²) in [5, 5.41) is 3.63. The molecule has 1 aliphatic heterocycles. The maximum Gasteiger partial charge on any atom is 0.0794 e. The number of thiazole rings is 1. The van der Waals surface area contributed by atoms with E-state index in [4.69, 9.17) is 0 Å². The molecule has 0 radical (unpaired) electrons. The van der Waals surface area contributed by atoms with Crippen molar-refractivity contribution in [1.29, 1.82) is 0 Å². The van der Waals surface area contributed by atoms with E-state index in [9.17, 15) is 4.21 Å². The Morgan fingerprint density at radius 1 is 1.71 bits per heavy atom. The van der Waals surface area contributed by atoms with E-state index in [-0.39, 0.29) is 0 Å². The molecule has 14 heavy (non-hydrogen) atoms. The lowest BCUT2D eigenvalue weighted by Crippen LogP contribution is -2.36. The Labute approximate surface area is 90.4 Å². The van der Waals surface area contributed by atoms with Gasteiger partial charge in [-0.1, -0.05) is 0 Å². The minimum absolute atomic E-state index is 0.339. The molecule has 2 rings (SSSR count). The topological polar surface area (TPSA) is 42.0 Å². The molecule has 0 aromatic carbocycles. The van der Waals surface area contributed by atoms with Crippen LogP contribution in [0.3, 0.4) is 0 Å². The Bertz CT molecular complexity index is 294. The minimum atomic E-state index is -0.728. The monoisotopic (exact) mass is 230 g/mol. The van der Waals surface area contributed by atoms with Gasteiger partial charge in [0.2, 0.25) is 0 Å². The molecular weight excluding hydrogens is 216 g/mol. The third kappa shape index (κ3) is 2.62. The third-order valence-corrected chi connectivity index (χ3v) is 5.10. The van der Waals surface area contributed by atoms with Gasteiger partial charge in [0.15, 0.2) is 0 Å². The maximum absolute atomic E-state index is 11.9. The van der Waals surface area contributed by atoms with Crippen molar-refractivity contribution in [2.45, 2.75) is 23.8 Å². The Balaban J connectivity index is 1.88. The number of hydrogen-bond donors (Lipinski definition) is 1. The van der Waals surface area contributed by atoms with Gasteiger partial charge >= 0.3 is 0 Å². The van der Waals surface area contributed by atoms with Crippen LogP contribution in [0.15, 0.2) is 11.7 Å². The van der Waals surface area contributed by atoms with Gasteiger partial charge in [0, 0.05) is 33.7 Å². The van der Waals surface area contributed by atoms with Crippen LogP contribution in [0.2, 0.25) is 0 Å². The normalized spacial score (nSPS) is 24.7. The average molecular weight is 230 g/mol. The molecule has 1 fully saturated rings. The van der Waals surface area contributed by atoms with Crippen molar-refractivity contribution in [3.05, 3.63) is 16.6 Å². The largest absolute Gasteiger partial charge is 0.316 e. The van der Waals surface area contributed by atoms with Crippen LogP contribution in [-0.2, 0) is 16.6 Å². The summed E-state index contributed by atoms with van der Waals surface area (Å²) in [6.45, 7) is 1.99. The van der Waals surface area contributed by atoms with Crippen LogP contribution in [0, 0.1) is 0 Å². The minimum Gasteiger partial charge on any atom is -0.316 e. The molecule has 2 atom stereocenters. The highest BCUT2D eigenvalue weighted by Crippen LogP contribution is 2.15. The van der Waals surface area contributed by atoms with Crippen molar-refractivity contribution < 1.29 is 4.21 Å². The number of hydrogen-bond acceptors (Lipinski definition) is 4. The van der Waals surface area contributed by atoms with Gasteiger partial charge in [-0.25, -0.2) is 0 Å². The first-order valence-corrected chi connectivity index (χ1v) is 7.07. The average Bonchev–Trinajstić information content (AvgIpc) is 2.72. The van der Waals surface area contributed by atoms with Crippen LogP contribution in [0.1, 0.15) is 17.7 Å². The van der Waals surface area contributed by atoms with E-state index in [1.165, 1.54) is 0 Å². The van der Waals surface area contributed by atoms with E-state index in [2.05, 4.69) is 10.3 Å². The molecule has 0 unspecified atom stereocenters. The molecular formula is C9H14N2OS2. The zero-order valence-electron chi connectivity index (χ0n) is 7.94. The van der Waals surface area contributed by atoms with Crippen molar-refractivity contribution >= 4 is 22.1 Å². The number of rotatable bonds is 3. The van der Waals surface area contributed by atoms with Gasteiger partial charge in [0.05, 0.1) is 11.3 Å². The van der Waals surface area contributed by atoms with E-state index in [1.807, 2.05) is 6.20 Å². The molecule has 0 amide bonds. The van der Waals surface area contributed by atoms with Crippen LogP contribution in [0.4, 0.5) is 0 Å². The van der Waals surface area contributed by atoms with Crippen LogP contribution >= 0.6 is 11.3 Å². The molecule has 5 heteroatoms. The molecule has 1 aliphatic rings. The summed E-state index contributed by atoms with van der Waals surface area (Å²) in [6.07, 6.45) is 4.07. The Morgan fingerprint density at radius 2 is 2.64 bits per heavy atom. The fourth-order valence-electron chi connectivity index (χ4n) is 1.62. The fourth-order valence-corrected chi connectivity index (χ4v) is 3.94. The molecule has 0 bridgehead atoms. The highest BCUT2D eigenvalue weighted by Gasteiger charge is 2.19. The molecule has 0 spiro atoms. The van der Waals surface area contributed by atoms with Gasteiger partial charge in [0.25, 0.3) is 0 Å². The lowest BCUT2D eigenvalue weighted by atomic mass is 10.2. The molecule has 0 aliphatic carbocycles. The predicted molar refractivity (Wildman–Crippen MR) is 59.9 cm³/mol. The van der Waals surface area contributed by atoms with Crippen LogP contribution in [0.5, 0.6) is 0 Å². The van der Waals surface area contributed by atoms with Crippen LogP contribution < -0.4 is 5.32 Å². The second-order valence-electron chi connectivity index (χ2n) is 3.46. The predicted octanol–water partition coefficient (Wildman–Crippen LogP) is 1.14. The van der Waals surface area contributed by atoms with E-state index >= 15 is 0 Å². The summed E-state index contributed by atoms with van der Waals surface area (Å²) >= 11 is 1.59. The maximum atomic E-state index is 11.9. The first-order valence-electron chi connectivity index (χ1n) is 4.81. The molecule has 78 valence electrons. The molecule has 1 N–H and O–H groups in total. The van der Waals surface area contributed by atoms with Crippen molar-refractivity contribution in [2.24, 2.45) is 0 Å². The summed E-state index contributed by atoms with van der Waals surface area (Å²) in [5.74, 6) is 0.678. The molecule has 1 aromatic rings. The lowest BCUT2D eigenvalue weighted by molar-refractivity contribution is 0.519. The Morgan fingerprint density at radius 3 is 3.29 bits per heavy atom. The van der Waals surface area contributed by atoms with Gasteiger partial charge in [-0.15, -0.1) is 11.3 Å². The van der Waals surface area contributed by atoms with E-state index < -0.39 is 10.8 Å². The van der Waals surface area contributed by atoms with Crippen molar-refractivity contribution in [1.82, 2.24) is 10.3 Å². The van der Waals surface area contributed by atoms with Crippen molar-refractivity contribution in [2.75, 3.05) is 13.1 Å². The Hall–Kier alpha value is -0.260. The van der Waals surface area contributed by atoms with Crippen molar-refractivity contribution in [3.63, 3.8) is 0 Å². The molecule has 3 nitrogen and oxygen atoms in total. The summed E-state index contributed by atoms with van der Waals surface area (Å²) in [5.41, 5.74) is 1.80. The fraction of sp³-hybridized carbons (Fsp3) is 0.667. The zero-order valence-corrected chi connectivity index (χ0v) is 9.57. The van der Waals surface area contributed by atoms with E-state index in [0.29, 0.717) is 11.0 Å². The summed E-state index contributed by atoms with van der Waals surface area (Å²) in [6, 6.07) is 0. The van der Waals surface area contributed by atoms with Crippen molar-refractivity contribution in [3.8, 4) is 0 Å². The molecule has 2 heterocycles. The SMILES string of the molecule is O=[S@@](Cc1cncs1)[C@@H]1CCCNC1. The number of aromatic nitrogens is 1. The second-order valence-corrected chi connectivity index (χ2v) is 6.15. The second kappa shape index (κ2) is 5.00. The van der Waals surface area contributed by atoms with E-state index in [0.717, 1.165) is 30.8 Å². The zero-order chi connectivity index (χ0) is 9.80. The van der Waals surface area contributed by atoms with Gasteiger partial charge in [-0.05, 0) is 19.4 Å². The summed E-state index contributed by atoms with van der Waals surface area (Å²) < 4.78 is 11.9. The number of nitrogens with one attached hydrogen (secondary N) is 1. The number of nitrogens with zero attached hydrogens (tertiary/aromatic N) is 1. The standard InChI is InChI=1S/C9H14N2OS2/c12-14(6-8-4-11-7-13-8)9-2-1-3-10-5-9/h4,7,9-10H,1-3,5-6H2/t9-,14+/m1/s1. The summed E-state index contributed by atoms with van der Waals surface area (Å²) in [4.78, 5) is 5.12. The lowest BCUT2D eigenvalue weighted by Gasteiger charge is -2.21. The molecule has 1 saturated heterocycles. The first kappa shape index (κ1) is 10.3. The van der Waals surface area contributed by atoms with Crippen LogP contribution in [0.25, 0.3) is 0 Å².